The van der Waals surface area contributed by atoms with Crippen LogP contribution in [0, 0.1) is 6.92 Å². The Morgan fingerprint density at radius 3 is 2.03 bits per heavy atom. The average molecular weight is 557 g/mol. The lowest BCUT2D eigenvalue weighted by Crippen LogP contribution is -2.26. The minimum atomic E-state index is -4.58. The van der Waals surface area contributed by atoms with E-state index in [4.69, 9.17) is 0 Å². The van der Waals surface area contributed by atoms with E-state index in [2.05, 4.69) is 14.2 Å². The SMILES string of the molecule is COC(=O)c1cc(S(=O)(=O)NCCc2ccc(NS(=O)(=O)c3ccc(C(F)(F)F)cc3)cc2)ccc1C. The molecular weight excluding hydrogens is 533 g/mol. The Labute approximate surface area is 212 Å². The topological polar surface area (TPSA) is 119 Å². The number of nitrogens with one attached hydrogen (secondary N) is 2. The molecular formula is C24H23F3N2O6S2. The lowest BCUT2D eigenvalue weighted by Gasteiger charge is -2.11. The van der Waals surface area contributed by atoms with Crippen LogP contribution in [-0.2, 0) is 37.4 Å². The predicted molar refractivity (Wildman–Crippen MR) is 130 cm³/mol. The van der Waals surface area contributed by atoms with E-state index in [1.54, 1.807) is 19.1 Å². The Bertz CT molecular complexity index is 1490. The van der Waals surface area contributed by atoms with E-state index in [0.717, 1.165) is 12.1 Å². The van der Waals surface area contributed by atoms with Crippen molar-refractivity contribution in [2.45, 2.75) is 29.3 Å². The van der Waals surface area contributed by atoms with Crippen molar-refractivity contribution >= 4 is 31.7 Å². The molecule has 198 valence electrons. The zero-order valence-corrected chi connectivity index (χ0v) is 21.3. The first kappa shape index (κ1) is 28.2. The van der Waals surface area contributed by atoms with E-state index >= 15 is 0 Å². The number of carbonyl (C=O) groups excluding carboxylic acids is 1. The number of anilines is 1. The normalized spacial score (nSPS) is 12.2. The highest BCUT2D eigenvalue weighted by molar-refractivity contribution is 7.92. The van der Waals surface area contributed by atoms with Crippen LogP contribution in [-0.4, -0.2) is 36.5 Å². The third-order valence-corrected chi connectivity index (χ3v) is 8.18. The van der Waals surface area contributed by atoms with Crippen LogP contribution in [0.1, 0.15) is 27.0 Å². The lowest BCUT2D eigenvalue weighted by atomic mass is 10.1. The molecule has 0 saturated carbocycles. The fourth-order valence-corrected chi connectivity index (χ4v) is 5.40. The predicted octanol–water partition coefficient (Wildman–Crippen LogP) is 4.12. The molecule has 3 aromatic rings. The number of alkyl halides is 3. The van der Waals surface area contributed by atoms with Crippen molar-refractivity contribution in [3.8, 4) is 0 Å². The van der Waals surface area contributed by atoms with Gasteiger partial charge in [0.1, 0.15) is 0 Å². The van der Waals surface area contributed by atoms with E-state index in [9.17, 15) is 34.8 Å². The number of halogens is 3. The largest absolute Gasteiger partial charge is 0.465 e. The first-order valence-electron chi connectivity index (χ1n) is 10.7. The van der Waals surface area contributed by atoms with Gasteiger partial charge in [0.25, 0.3) is 10.0 Å². The van der Waals surface area contributed by atoms with Gasteiger partial charge in [-0.1, -0.05) is 18.2 Å². The summed E-state index contributed by atoms with van der Waals surface area (Å²) in [4.78, 5) is 11.4. The maximum absolute atomic E-state index is 12.7. The molecule has 0 amide bonds. The van der Waals surface area contributed by atoms with Crippen LogP contribution in [0.25, 0.3) is 0 Å². The number of ether oxygens (including phenoxy) is 1. The van der Waals surface area contributed by atoms with Crippen molar-refractivity contribution < 1.29 is 39.5 Å². The van der Waals surface area contributed by atoms with E-state index in [1.165, 1.54) is 37.4 Å². The van der Waals surface area contributed by atoms with Gasteiger partial charge >= 0.3 is 12.1 Å². The summed E-state index contributed by atoms with van der Waals surface area (Å²) in [6.45, 7) is 1.68. The third kappa shape index (κ3) is 7.08. The molecule has 0 saturated heterocycles. The molecule has 0 aliphatic heterocycles. The molecule has 3 rings (SSSR count). The molecule has 13 heteroatoms. The summed E-state index contributed by atoms with van der Waals surface area (Å²) in [6.07, 6.45) is -4.30. The summed E-state index contributed by atoms with van der Waals surface area (Å²) < 4.78 is 97.7. The van der Waals surface area contributed by atoms with Gasteiger partial charge in [0, 0.05) is 12.2 Å². The van der Waals surface area contributed by atoms with E-state index < -0.39 is 37.8 Å². The first-order valence-corrected chi connectivity index (χ1v) is 13.7. The minimum absolute atomic E-state index is 0.0282. The van der Waals surface area contributed by atoms with E-state index in [-0.39, 0.29) is 34.0 Å². The Morgan fingerprint density at radius 1 is 0.865 bits per heavy atom. The Hall–Kier alpha value is -3.42. The van der Waals surface area contributed by atoms with Gasteiger partial charge < -0.3 is 4.74 Å². The fourth-order valence-electron chi connectivity index (χ4n) is 3.29. The molecule has 37 heavy (non-hydrogen) atoms. The maximum Gasteiger partial charge on any atom is 0.416 e. The summed E-state index contributed by atoms with van der Waals surface area (Å²) in [6, 6.07) is 13.3. The number of aryl methyl sites for hydroxylation is 1. The molecule has 8 nitrogen and oxygen atoms in total. The Kier molecular flexibility index (Phi) is 8.30. The van der Waals surface area contributed by atoms with Crippen molar-refractivity contribution in [2.75, 3.05) is 18.4 Å². The number of hydrogen-bond donors (Lipinski definition) is 2. The third-order valence-electron chi connectivity index (χ3n) is 5.33. The van der Waals surface area contributed by atoms with Crippen LogP contribution in [0.2, 0.25) is 0 Å². The summed E-state index contributed by atoms with van der Waals surface area (Å²) in [7, 11) is -6.82. The lowest BCUT2D eigenvalue weighted by molar-refractivity contribution is -0.137. The standard InChI is InChI=1S/C24H23F3N2O6S2/c1-16-3-10-21(15-22(16)23(30)35-2)36(31,32)28-14-13-17-4-8-19(9-5-17)29-37(33,34)20-11-6-18(7-12-20)24(25,26)27/h3-12,15,28-29H,13-14H2,1-2H3. The monoisotopic (exact) mass is 556 g/mol. The second-order valence-electron chi connectivity index (χ2n) is 7.94. The molecule has 0 aliphatic rings. The van der Waals surface area contributed by atoms with Crippen LogP contribution in [0.5, 0.6) is 0 Å². The number of carbonyl (C=O) groups is 1. The number of rotatable bonds is 9. The number of hydrogen-bond acceptors (Lipinski definition) is 6. The fraction of sp³-hybridized carbons (Fsp3) is 0.208. The molecule has 0 unspecified atom stereocenters. The van der Waals surface area contributed by atoms with Crippen LogP contribution >= 0.6 is 0 Å². The number of benzene rings is 3. The molecule has 0 atom stereocenters. The molecule has 0 heterocycles. The molecule has 0 aromatic heterocycles. The van der Waals surface area contributed by atoms with Gasteiger partial charge in [-0.3, -0.25) is 4.72 Å². The van der Waals surface area contributed by atoms with Crippen molar-refractivity contribution in [3.05, 3.63) is 89.0 Å². The first-order chi connectivity index (χ1) is 17.2. The number of esters is 1. The molecule has 2 N–H and O–H groups in total. The minimum Gasteiger partial charge on any atom is -0.465 e. The van der Waals surface area contributed by atoms with Crippen molar-refractivity contribution in [1.29, 1.82) is 0 Å². The van der Waals surface area contributed by atoms with E-state index in [1.807, 2.05) is 0 Å². The summed E-state index contributed by atoms with van der Waals surface area (Å²) in [5.74, 6) is -0.649. The average Bonchev–Trinajstić information content (AvgIpc) is 2.84. The number of methoxy groups -OCH3 is 1. The summed E-state index contributed by atoms with van der Waals surface area (Å²) >= 11 is 0. The molecule has 0 bridgehead atoms. The summed E-state index contributed by atoms with van der Waals surface area (Å²) in [5.41, 5.74) is 0.621. The molecule has 3 aromatic carbocycles. The van der Waals surface area contributed by atoms with E-state index in [0.29, 0.717) is 23.3 Å². The van der Waals surface area contributed by atoms with Crippen LogP contribution in [0.15, 0.2) is 76.5 Å². The zero-order chi connectivity index (χ0) is 27.4. The highest BCUT2D eigenvalue weighted by Crippen LogP contribution is 2.30. The van der Waals surface area contributed by atoms with Crippen LogP contribution < -0.4 is 9.44 Å². The molecule has 0 fully saturated rings. The van der Waals surface area contributed by atoms with Crippen molar-refractivity contribution in [3.63, 3.8) is 0 Å². The van der Waals surface area contributed by atoms with Gasteiger partial charge in [0.05, 0.1) is 28.0 Å². The second-order valence-corrected chi connectivity index (χ2v) is 11.4. The van der Waals surface area contributed by atoms with Crippen molar-refractivity contribution in [1.82, 2.24) is 4.72 Å². The van der Waals surface area contributed by atoms with Crippen LogP contribution in [0.4, 0.5) is 18.9 Å². The highest BCUT2D eigenvalue weighted by Gasteiger charge is 2.30. The van der Waals surface area contributed by atoms with Gasteiger partial charge in [-0.2, -0.15) is 13.2 Å². The van der Waals surface area contributed by atoms with Gasteiger partial charge in [-0.15, -0.1) is 0 Å². The quantitative estimate of drug-likeness (QED) is 0.383. The van der Waals surface area contributed by atoms with Gasteiger partial charge in [-0.05, 0) is 73.0 Å². The van der Waals surface area contributed by atoms with Crippen LogP contribution in [0.3, 0.4) is 0 Å². The van der Waals surface area contributed by atoms with Crippen molar-refractivity contribution in [2.24, 2.45) is 0 Å². The summed E-state index contributed by atoms with van der Waals surface area (Å²) in [5, 5.41) is 0. The second kappa shape index (κ2) is 10.9. The molecule has 0 aliphatic carbocycles. The Morgan fingerprint density at radius 2 is 1.46 bits per heavy atom. The molecule has 0 spiro atoms. The molecule has 0 radical (unpaired) electrons. The Balaban J connectivity index is 1.61. The zero-order valence-electron chi connectivity index (χ0n) is 19.7. The smallest absolute Gasteiger partial charge is 0.416 e. The maximum atomic E-state index is 12.7. The van der Waals surface area contributed by atoms with Gasteiger partial charge in [0.2, 0.25) is 10.0 Å². The highest BCUT2D eigenvalue weighted by atomic mass is 32.2. The van der Waals surface area contributed by atoms with Gasteiger partial charge in [-0.25, -0.2) is 26.4 Å². The van der Waals surface area contributed by atoms with Gasteiger partial charge in [0.15, 0.2) is 0 Å². The number of sulfonamides is 2.